The summed E-state index contributed by atoms with van der Waals surface area (Å²) in [7, 11) is 6.17. The van der Waals surface area contributed by atoms with E-state index in [9.17, 15) is 0 Å². The second-order valence-corrected chi connectivity index (χ2v) is 8.45. The number of rotatable bonds is 9. The minimum atomic E-state index is 0. The van der Waals surface area contributed by atoms with Gasteiger partial charge in [0, 0.05) is 38.4 Å². The summed E-state index contributed by atoms with van der Waals surface area (Å²) < 4.78 is 1.86. The summed E-state index contributed by atoms with van der Waals surface area (Å²) in [5, 5.41) is 11.3. The lowest BCUT2D eigenvalue weighted by Gasteiger charge is -2.42. The van der Waals surface area contributed by atoms with Gasteiger partial charge in [-0.1, -0.05) is 20.3 Å². The van der Waals surface area contributed by atoms with Gasteiger partial charge in [0.2, 0.25) is 0 Å². The zero-order valence-electron chi connectivity index (χ0n) is 18.0. The molecular formula is C20H39IN6. The summed E-state index contributed by atoms with van der Waals surface area (Å²) >= 11 is 0. The molecule has 1 unspecified atom stereocenters. The molecule has 2 rings (SSSR count). The van der Waals surface area contributed by atoms with Gasteiger partial charge in [0.05, 0.1) is 12.2 Å². The number of likely N-dealkylation sites (N-methyl/N-ethyl adjacent to an activating group) is 1. The van der Waals surface area contributed by atoms with Crippen LogP contribution in [0.5, 0.6) is 0 Å². The molecule has 1 aliphatic carbocycles. The number of guanidine groups is 1. The van der Waals surface area contributed by atoms with E-state index < -0.39 is 0 Å². The van der Waals surface area contributed by atoms with Crippen LogP contribution >= 0.6 is 24.0 Å². The summed E-state index contributed by atoms with van der Waals surface area (Å²) in [6, 6.07) is 0.265. The second-order valence-electron chi connectivity index (χ2n) is 8.45. The van der Waals surface area contributed by atoms with Crippen LogP contribution in [0.1, 0.15) is 58.1 Å². The van der Waals surface area contributed by atoms with Crippen molar-refractivity contribution in [3.05, 3.63) is 18.0 Å². The SMILES string of the molecule is CCNC(=NCC1(CC(C)C)CCC1)NCC(c1cnn(C)c1)N(C)C.I. The van der Waals surface area contributed by atoms with Crippen LogP contribution in [0.15, 0.2) is 17.4 Å². The summed E-state index contributed by atoms with van der Waals surface area (Å²) in [4.78, 5) is 7.17. The number of halogens is 1. The molecule has 1 aliphatic rings. The second kappa shape index (κ2) is 11.2. The quantitative estimate of drug-likeness (QED) is 0.317. The number of aryl methyl sites for hydroxylation is 1. The number of hydrogen-bond acceptors (Lipinski definition) is 3. The van der Waals surface area contributed by atoms with E-state index in [1.165, 1.54) is 31.2 Å². The predicted octanol–water partition coefficient (Wildman–Crippen LogP) is 3.41. The highest BCUT2D eigenvalue weighted by molar-refractivity contribution is 14.0. The molecule has 1 aromatic rings. The highest BCUT2D eigenvalue weighted by Crippen LogP contribution is 2.46. The average molecular weight is 490 g/mol. The fraction of sp³-hybridized carbons (Fsp3) is 0.800. The minimum absolute atomic E-state index is 0. The van der Waals surface area contributed by atoms with E-state index in [2.05, 4.69) is 61.7 Å². The Bertz CT molecular complexity index is 577. The first-order valence-corrected chi connectivity index (χ1v) is 10.0. The van der Waals surface area contributed by atoms with Crippen LogP contribution in [0.3, 0.4) is 0 Å². The van der Waals surface area contributed by atoms with Gasteiger partial charge in [-0.15, -0.1) is 24.0 Å². The first-order chi connectivity index (χ1) is 12.3. The van der Waals surface area contributed by atoms with Crippen molar-refractivity contribution in [2.24, 2.45) is 23.4 Å². The monoisotopic (exact) mass is 490 g/mol. The molecule has 1 atom stereocenters. The van der Waals surface area contributed by atoms with Crippen LogP contribution in [-0.4, -0.2) is 54.4 Å². The Kier molecular flexibility index (Phi) is 10.1. The van der Waals surface area contributed by atoms with Gasteiger partial charge in [0.15, 0.2) is 5.96 Å². The molecule has 156 valence electrons. The Morgan fingerprint density at radius 3 is 2.48 bits per heavy atom. The first kappa shape index (κ1) is 24.2. The topological polar surface area (TPSA) is 57.5 Å². The normalized spacial score (nSPS) is 17.4. The molecule has 0 saturated heterocycles. The Hall–Kier alpha value is -0.830. The van der Waals surface area contributed by atoms with Crippen LogP contribution in [0.2, 0.25) is 0 Å². The van der Waals surface area contributed by atoms with Gasteiger partial charge in [0.25, 0.3) is 0 Å². The van der Waals surface area contributed by atoms with Crippen LogP contribution in [-0.2, 0) is 7.05 Å². The van der Waals surface area contributed by atoms with Gasteiger partial charge in [-0.05, 0) is 51.6 Å². The van der Waals surface area contributed by atoms with Crippen molar-refractivity contribution in [3.63, 3.8) is 0 Å². The summed E-state index contributed by atoms with van der Waals surface area (Å²) in [5.74, 6) is 1.67. The standard InChI is InChI=1S/C20H38N6.HI/c1-7-21-19(23-15-20(9-8-10-20)11-16(2)3)22-13-18(25(4)5)17-12-24-26(6)14-17;/h12,14,16,18H,7-11,13,15H2,1-6H3,(H2,21,22,23);1H. The number of hydrogen-bond donors (Lipinski definition) is 2. The van der Waals surface area contributed by atoms with Crippen LogP contribution in [0, 0.1) is 11.3 Å². The Balaban J connectivity index is 0.00000364. The molecule has 0 radical (unpaired) electrons. The van der Waals surface area contributed by atoms with Crippen molar-refractivity contribution >= 4 is 29.9 Å². The summed E-state index contributed by atoms with van der Waals surface area (Å²) in [6.45, 7) is 9.38. The minimum Gasteiger partial charge on any atom is -0.357 e. The van der Waals surface area contributed by atoms with Crippen molar-refractivity contribution < 1.29 is 0 Å². The summed E-state index contributed by atoms with van der Waals surface area (Å²) in [6.07, 6.45) is 9.32. The Morgan fingerprint density at radius 1 is 1.33 bits per heavy atom. The number of nitrogens with one attached hydrogen (secondary N) is 2. The van der Waals surface area contributed by atoms with Gasteiger partial charge in [-0.3, -0.25) is 9.67 Å². The maximum atomic E-state index is 4.95. The molecule has 1 aromatic heterocycles. The zero-order valence-corrected chi connectivity index (χ0v) is 20.3. The lowest BCUT2D eigenvalue weighted by atomic mass is 9.64. The fourth-order valence-corrected chi connectivity index (χ4v) is 3.96. The number of aromatic nitrogens is 2. The molecule has 0 aromatic carbocycles. The van der Waals surface area contributed by atoms with E-state index in [0.29, 0.717) is 5.41 Å². The fourth-order valence-electron chi connectivity index (χ4n) is 3.96. The van der Waals surface area contributed by atoms with Crippen molar-refractivity contribution in [1.82, 2.24) is 25.3 Å². The molecular weight excluding hydrogens is 451 g/mol. The molecule has 0 aliphatic heterocycles. The third-order valence-electron chi connectivity index (χ3n) is 5.37. The first-order valence-electron chi connectivity index (χ1n) is 10.0. The molecule has 0 spiro atoms. The highest BCUT2D eigenvalue weighted by Gasteiger charge is 2.37. The van der Waals surface area contributed by atoms with E-state index in [4.69, 9.17) is 4.99 Å². The molecule has 0 amide bonds. The molecule has 7 heteroatoms. The van der Waals surface area contributed by atoms with Crippen LogP contribution in [0.25, 0.3) is 0 Å². The third kappa shape index (κ3) is 7.25. The Morgan fingerprint density at radius 2 is 2.04 bits per heavy atom. The lowest BCUT2D eigenvalue weighted by molar-refractivity contribution is 0.111. The average Bonchev–Trinajstić information content (AvgIpc) is 2.95. The molecule has 1 heterocycles. The Labute approximate surface area is 182 Å². The smallest absolute Gasteiger partial charge is 0.191 e. The van der Waals surface area contributed by atoms with Crippen molar-refractivity contribution in [2.75, 3.05) is 33.7 Å². The van der Waals surface area contributed by atoms with Crippen LogP contribution < -0.4 is 10.6 Å². The van der Waals surface area contributed by atoms with Crippen molar-refractivity contribution in [3.8, 4) is 0 Å². The van der Waals surface area contributed by atoms with E-state index in [-0.39, 0.29) is 30.0 Å². The predicted molar refractivity (Wildman–Crippen MR) is 125 cm³/mol. The maximum absolute atomic E-state index is 4.95. The van der Waals surface area contributed by atoms with E-state index in [1.807, 2.05) is 17.9 Å². The van der Waals surface area contributed by atoms with E-state index in [0.717, 1.165) is 31.5 Å². The molecule has 27 heavy (non-hydrogen) atoms. The third-order valence-corrected chi connectivity index (χ3v) is 5.37. The zero-order chi connectivity index (χ0) is 19.2. The van der Waals surface area contributed by atoms with Gasteiger partial charge >= 0.3 is 0 Å². The molecule has 1 fully saturated rings. The lowest BCUT2D eigenvalue weighted by Crippen LogP contribution is -2.43. The van der Waals surface area contributed by atoms with E-state index in [1.54, 1.807) is 0 Å². The van der Waals surface area contributed by atoms with Gasteiger partial charge in [0.1, 0.15) is 0 Å². The number of aliphatic imine (C=N–C) groups is 1. The molecule has 2 N–H and O–H groups in total. The van der Waals surface area contributed by atoms with Crippen molar-refractivity contribution in [1.29, 1.82) is 0 Å². The molecule has 6 nitrogen and oxygen atoms in total. The van der Waals surface area contributed by atoms with Crippen molar-refractivity contribution in [2.45, 2.75) is 52.5 Å². The van der Waals surface area contributed by atoms with E-state index >= 15 is 0 Å². The molecule has 1 saturated carbocycles. The van der Waals surface area contributed by atoms with Crippen LogP contribution in [0.4, 0.5) is 0 Å². The highest BCUT2D eigenvalue weighted by atomic mass is 127. The van der Waals surface area contributed by atoms with Gasteiger partial charge < -0.3 is 15.5 Å². The largest absolute Gasteiger partial charge is 0.357 e. The molecule has 0 bridgehead atoms. The maximum Gasteiger partial charge on any atom is 0.191 e. The van der Waals surface area contributed by atoms with Gasteiger partial charge in [-0.25, -0.2) is 0 Å². The number of nitrogens with zero attached hydrogens (tertiary/aromatic N) is 4. The summed E-state index contributed by atoms with van der Waals surface area (Å²) in [5.41, 5.74) is 1.65. The van der Waals surface area contributed by atoms with Gasteiger partial charge in [-0.2, -0.15) is 5.10 Å².